The summed E-state index contributed by atoms with van der Waals surface area (Å²) in [5.74, 6) is 1.42. The first-order valence-corrected chi connectivity index (χ1v) is 9.86. The van der Waals surface area contributed by atoms with E-state index in [1.165, 1.54) is 27.7 Å². The fourth-order valence-corrected chi connectivity index (χ4v) is 4.08. The molecule has 0 unspecified atom stereocenters. The molecule has 4 rings (SSSR count). The minimum Gasteiger partial charge on any atom is -0.368 e. The smallest absolute Gasteiger partial charge is 0.262 e. The van der Waals surface area contributed by atoms with E-state index in [0.717, 1.165) is 10.5 Å². The molecule has 0 aliphatic rings. The van der Waals surface area contributed by atoms with E-state index in [1.54, 1.807) is 13.1 Å². The maximum absolute atomic E-state index is 12.4. The molecule has 136 valence electrons. The molecule has 10 heteroatoms. The number of nitrogens with two attached hydrogens (primary N) is 1. The molecule has 0 amide bonds. The zero-order valence-corrected chi connectivity index (χ0v) is 15.9. The van der Waals surface area contributed by atoms with Crippen LogP contribution in [0.2, 0.25) is 0 Å². The van der Waals surface area contributed by atoms with Gasteiger partial charge < -0.3 is 11.1 Å². The second kappa shape index (κ2) is 7.33. The van der Waals surface area contributed by atoms with Crippen molar-refractivity contribution in [3.05, 3.63) is 58.0 Å². The summed E-state index contributed by atoms with van der Waals surface area (Å²) in [6.45, 7) is 0. The number of aromatic nitrogens is 5. The Bertz CT molecular complexity index is 1160. The van der Waals surface area contributed by atoms with E-state index in [9.17, 15) is 4.79 Å². The van der Waals surface area contributed by atoms with Crippen molar-refractivity contribution in [2.75, 3.05) is 11.1 Å². The number of para-hydroxylation sites is 1. The molecule has 0 radical (unpaired) electrons. The minimum atomic E-state index is -0.0645. The van der Waals surface area contributed by atoms with Gasteiger partial charge in [-0.2, -0.15) is 15.0 Å². The zero-order chi connectivity index (χ0) is 18.8. The summed E-state index contributed by atoms with van der Waals surface area (Å²) in [6, 6.07) is 11.4. The van der Waals surface area contributed by atoms with Gasteiger partial charge in [0.05, 0.1) is 11.1 Å². The summed E-state index contributed by atoms with van der Waals surface area (Å²) in [4.78, 5) is 30.3. The van der Waals surface area contributed by atoms with Gasteiger partial charge in [0.1, 0.15) is 10.7 Å². The normalized spacial score (nSPS) is 11.0. The van der Waals surface area contributed by atoms with Gasteiger partial charge in [0.15, 0.2) is 5.16 Å². The van der Waals surface area contributed by atoms with Crippen molar-refractivity contribution in [1.82, 2.24) is 24.5 Å². The van der Waals surface area contributed by atoms with E-state index in [4.69, 9.17) is 5.73 Å². The number of rotatable bonds is 5. The second-order valence-electron chi connectivity index (χ2n) is 5.61. The zero-order valence-electron chi connectivity index (χ0n) is 14.3. The van der Waals surface area contributed by atoms with E-state index in [-0.39, 0.29) is 11.5 Å². The Kier molecular flexibility index (Phi) is 4.73. The SMILES string of the molecule is Cn1c(SCc2nc(N)nc(Nc3ccccc3)n2)nc2sccc2c1=O. The van der Waals surface area contributed by atoms with Crippen LogP contribution in [-0.2, 0) is 12.8 Å². The van der Waals surface area contributed by atoms with Gasteiger partial charge in [0.2, 0.25) is 11.9 Å². The molecule has 0 aliphatic carbocycles. The Labute approximate surface area is 162 Å². The number of thioether (sulfide) groups is 1. The van der Waals surface area contributed by atoms with Crippen LogP contribution in [0.4, 0.5) is 17.6 Å². The van der Waals surface area contributed by atoms with Crippen LogP contribution in [0.3, 0.4) is 0 Å². The van der Waals surface area contributed by atoms with Crippen LogP contribution >= 0.6 is 23.1 Å². The molecule has 3 N–H and O–H groups in total. The molecule has 0 bridgehead atoms. The molecule has 3 heterocycles. The fourth-order valence-electron chi connectivity index (χ4n) is 2.45. The van der Waals surface area contributed by atoms with E-state index < -0.39 is 0 Å². The molecule has 3 aromatic heterocycles. The molecule has 0 spiro atoms. The van der Waals surface area contributed by atoms with Gasteiger partial charge in [-0.1, -0.05) is 30.0 Å². The number of nitrogens with one attached hydrogen (secondary N) is 1. The Hall–Kier alpha value is -2.98. The number of fused-ring (bicyclic) bond motifs is 1. The van der Waals surface area contributed by atoms with Crippen molar-refractivity contribution in [3.63, 3.8) is 0 Å². The van der Waals surface area contributed by atoms with Crippen molar-refractivity contribution in [2.45, 2.75) is 10.9 Å². The fraction of sp³-hybridized carbons (Fsp3) is 0.118. The Morgan fingerprint density at radius 2 is 1.96 bits per heavy atom. The summed E-state index contributed by atoms with van der Waals surface area (Å²) in [7, 11) is 1.71. The van der Waals surface area contributed by atoms with Gasteiger partial charge >= 0.3 is 0 Å². The third-order valence-corrected chi connectivity index (χ3v) is 5.56. The average molecular weight is 397 g/mol. The highest BCUT2D eigenvalue weighted by Crippen LogP contribution is 2.23. The molecule has 0 fully saturated rings. The average Bonchev–Trinajstić information content (AvgIpc) is 3.12. The number of thiophene rings is 1. The lowest BCUT2D eigenvalue weighted by molar-refractivity contribution is 0.727. The van der Waals surface area contributed by atoms with Gasteiger partial charge in [-0.3, -0.25) is 9.36 Å². The van der Waals surface area contributed by atoms with Crippen molar-refractivity contribution < 1.29 is 0 Å². The summed E-state index contributed by atoms with van der Waals surface area (Å²) < 4.78 is 1.54. The van der Waals surface area contributed by atoms with Crippen LogP contribution in [0, 0.1) is 0 Å². The van der Waals surface area contributed by atoms with Gasteiger partial charge in [0, 0.05) is 12.7 Å². The van der Waals surface area contributed by atoms with Crippen molar-refractivity contribution in [1.29, 1.82) is 0 Å². The number of benzene rings is 1. The van der Waals surface area contributed by atoms with Crippen LogP contribution in [0.1, 0.15) is 5.82 Å². The number of anilines is 3. The quantitative estimate of drug-likeness (QED) is 0.391. The van der Waals surface area contributed by atoms with Gasteiger partial charge in [-0.15, -0.1) is 11.3 Å². The predicted octanol–water partition coefficient (Wildman–Crippen LogP) is 2.80. The molecular weight excluding hydrogens is 382 g/mol. The summed E-state index contributed by atoms with van der Waals surface area (Å²) in [6.07, 6.45) is 0. The maximum atomic E-state index is 12.4. The first-order chi connectivity index (χ1) is 13.1. The summed E-state index contributed by atoms with van der Waals surface area (Å²) in [5, 5.41) is 6.20. The van der Waals surface area contributed by atoms with Crippen LogP contribution in [0.25, 0.3) is 10.2 Å². The van der Waals surface area contributed by atoms with Crippen molar-refractivity contribution in [2.24, 2.45) is 7.05 Å². The standard InChI is InChI=1S/C17H15N7OS2/c1-24-14(25)11-7-8-26-13(11)22-17(24)27-9-12-20-15(18)23-16(21-12)19-10-5-3-2-4-6-10/h2-8H,9H2,1H3,(H3,18,19,20,21,23). The van der Waals surface area contributed by atoms with E-state index >= 15 is 0 Å². The van der Waals surface area contributed by atoms with Gasteiger partial charge in [0.25, 0.3) is 5.56 Å². The summed E-state index contributed by atoms with van der Waals surface area (Å²) >= 11 is 2.82. The second-order valence-corrected chi connectivity index (χ2v) is 7.45. The van der Waals surface area contributed by atoms with Crippen LogP contribution in [0.15, 0.2) is 51.7 Å². The molecule has 0 saturated heterocycles. The van der Waals surface area contributed by atoms with Gasteiger partial charge in [-0.25, -0.2) is 4.98 Å². The third-order valence-electron chi connectivity index (χ3n) is 3.72. The molecule has 0 aliphatic heterocycles. The van der Waals surface area contributed by atoms with Gasteiger partial charge in [-0.05, 0) is 23.6 Å². The number of hydrogen-bond donors (Lipinski definition) is 2. The largest absolute Gasteiger partial charge is 0.368 e. The molecule has 27 heavy (non-hydrogen) atoms. The first-order valence-electron chi connectivity index (χ1n) is 7.99. The minimum absolute atomic E-state index is 0.0645. The van der Waals surface area contributed by atoms with E-state index in [1.807, 2.05) is 35.7 Å². The first kappa shape index (κ1) is 17.4. The monoisotopic (exact) mass is 397 g/mol. The number of hydrogen-bond acceptors (Lipinski definition) is 9. The molecule has 4 aromatic rings. The molecule has 0 saturated carbocycles. The van der Waals surface area contributed by atoms with E-state index in [2.05, 4.69) is 25.3 Å². The molecule has 1 aromatic carbocycles. The molecule has 0 atom stereocenters. The highest BCUT2D eigenvalue weighted by molar-refractivity contribution is 7.98. The highest BCUT2D eigenvalue weighted by Gasteiger charge is 2.12. The Balaban J connectivity index is 1.56. The lowest BCUT2D eigenvalue weighted by Gasteiger charge is -2.08. The lowest BCUT2D eigenvalue weighted by Crippen LogP contribution is -2.19. The predicted molar refractivity (Wildman–Crippen MR) is 108 cm³/mol. The molecular formula is C17H15N7OS2. The lowest BCUT2D eigenvalue weighted by atomic mass is 10.3. The molecule has 8 nitrogen and oxygen atoms in total. The third kappa shape index (κ3) is 3.76. The van der Waals surface area contributed by atoms with Crippen LogP contribution in [-0.4, -0.2) is 24.5 Å². The highest BCUT2D eigenvalue weighted by atomic mass is 32.2. The summed E-state index contributed by atoms with van der Waals surface area (Å²) in [5.41, 5.74) is 6.61. The Morgan fingerprint density at radius 1 is 1.15 bits per heavy atom. The maximum Gasteiger partial charge on any atom is 0.262 e. The van der Waals surface area contributed by atoms with Crippen LogP contribution in [0.5, 0.6) is 0 Å². The Morgan fingerprint density at radius 3 is 2.78 bits per heavy atom. The van der Waals surface area contributed by atoms with Crippen LogP contribution < -0.4 is 16.6 Å². The van der Waals surface area contributed by atoms with E-state index in [0.29, 0.717) is 28.1 Å². The number of nitrogen functional groups attached to an aromatic ring is 1. The van der Waals surface area contributed by atoms with Crippen molar-refractivity contribution in [3.8, 4) is 0 Å². The number of nitrogens with zero attached hydrogens (tertiary/aromatic N) is 5. The van der Waals surface area contributed by atoms with Crippen molar-refractivity contribution >= 4 is 50.9 Å². The topological polar surface area (TPSA) is 112 Å².